The van der Waals surface area contributed by atoms with Gasteiger partial charge in [0.2, 0.25) is 0 Å². The van der Waals surface area contributed by atoms with E-state index in [9.17, 15) is 5.11 Å². The average molecular weight is 262 g/mol. The van der Waals surface area contributed by atoms with Gasteiger partial charge in [0.05, 0.1) is 12.7 Å². The van der Waals surface area contributed by atoms with Crippen LogP contribution in [0, 0.1) is 23.7 Å². The molecule has 0 amide bonds. The van der Waals surface area contributed by atoms with Gasteiger partial charge in [0.15, 0.2) is 0 Å². The van der Waals surface area contributed by atoms with E-state index in [2.05, 4.69) is 40.7 Å². The molecule has 0 radical (unpaired) electrons. The zero-order chi connectivity index (χ0) is 14.4. The van der Waals surface area contributed by atoms with Gasteiger partial charge in [-0.15, -0.1) is 0 Å². The van der Waals surface area contributed by atoms with E-state index < -0.39 is 6.10 Å². The van der Waals surface area contributed by atoms with Crippen LogP contribution >= 0.6 is 0 Å². The molecule has 1 aromatic rings. The van der Waals surface area contributed by atoms with Crippen LogP contribution in [-0.4, -0.2) is 11.7 Å². The molecular weight excluding hydrogens is 236 g/mol. The zero-order valence-electron chi connectivity index (χ0n) is 12.9. The van der Waals surface area contributed by atoms with Crippen LogP contribution in [0.15, 0.2) is 18.2 Å². The number of rotatable bonds is 4. The quantitative estimate of drug-likeness (QED) is 0.885. The number of aliphatic hydroxyl groups is 1. The molecule has 0 heterocycles. The van der Waals surface area contributed by atoms with Gasteiger partial charge >= 0.3 is 0 Å². The summed E-state index contributed by atoms with van der Waals surface area (Å²) in [6, 6.07) is 6.06. The predicted molar refractivity (Wildman–Crippen MR) is 78.4 cm³/mol. The predicted octanol–water partition coefficient (Wildman–Crippen LogP) is 4.11. The van der Waals surface area contributed by atoms with Crippen LogP contribution in [0.5, 0.6) is 5.75 Å². The molecule has 0 aliphatic heterocycles. The SMILES string of the molecule is CCOc1ccc(C)cc1C(O)C1C(C)(C)C1(C)C. The van der Waals surface area contributed by atoms with E-state index in [1.165, 1.54) is 0 Å². The van der Waals surface area contributed by atoms with Crippen molar-refractivity contribution in [3.05, 3.63) is 29.3 Å². The van der Waals surface area contributed by atoms with E-state index in [4.69, 9.17) is 4.74 Å². The van der Waals surface area contributed by atoms with Crippen molar-refractivity contribution in [2.24, 2.45) is 16.7 Å². The fourth-order valence-corrected chi connectivity index (χ4v) is 3.40. The average Bonchev–Trinajstić information content (AvgIpc) is 2.71. The van der Waals surface area contributed by atoms with Gasteiger partial charge in [0.1, 0.15) is 5.75 Å². The summed E-state index contributed by atoms with van der Waals surface area (Å²) in [7, 11) is 0. The molecular formula is C17H26O2. The van der Waals surface area contributed by atoms with E-state index in [0.717, 1.165) is 16.9 Å². The topological polar surface area (TPSA) is 29.5 Å². The Kier molecular flexibility index (Phi) is 3.42. The number of aliphatic hydroxyl groups excluding tert-OH is 1. The van der Waals surface area contributed by atoms with Crippen molar-refractivity contribution >= 4 is 0 Å². The first-order valence-corrected chi connectivity index (χ1v) is 7.15. The van der Waals surface area contributed by atoms with Crippen LogP contribution in [0.4, 0.5) is 0 Å². The first-order valence-electron chi connectivity index (χ1n) is 7.15. The summed E-state index contributed by atoms with van der Waals surface area (Å²) in [5, 5.41) is 10.8. The van der Waals surface area contributed by atoms with E-state index in [1.54, 1.807) is 0 Å². The molecule has 1 aliphatic carbocycles. The lowest BCUT2D eigenvalue weighted by Crippen LogP contribution is -2.08. The maximum absolute atomic E-state index is 10.8. The van der Waals surface area contributed by atoms with E-state index >= 15 is 0 Å². The Balaban J connectivity index is 2.34. The fourth-order valence-electron chi connectivity index (χ4n) is 3.40. The summed E-state index contributed by atoms with van der Waals surface area (Å²) >= 11 is 0. The summed E-state index contributed by atoms with van der Waals surface area (Å²) in [4.78, 5) is 0. The third-order valence-electron chi connectivity index (χ3n) is 5.23. The second-order valence-corrected chi connectivity index (χ2v) is 6.84. The molecule has 1 aromatic carbocycles. The van der Waals surface area contributed by atoms with Gasteiger partial charge in [0, 0.05) is 11.5 Å². The molecule has 2 heteroatoms. The van der Waals surface area contributed by atoms with Crippen molar-refractivity contribution in [1.82, 2.24) is 0 Å². The van der Waals surface area contributed by atoms with Gasteiger partial charge in [0.25, 0.3) is 0 Å². The Hall–Kier alpha value is -1.02. The van der Waals surface area contributed by atoms with Gasteiger partial charge in [-0.05, 0) is 36.8 Å². The second kappa shape index (κ2) is 4.52. The highest BCUT2D eigenvalue weighted by Gasteiger charge is 2.67. The molecule has 2 rings (SSSR count). The van der Waals surface area contributed by atoms with Gasteiger partial charge in [-0.2, -0.15) is 0 Å². The Morgan fingerprint density at radius 2 is 1.79 bits per heavy atom. The van der Waals surface area contributed by atoms with Crippen molar-refractivity contribution in [2.45, 2.75) is 47.6 Å². The highest BCUT2D eigenvalue weighted by molar-refractivity contribution is 5.40. The summed E-state index contributed by atoms with van der Waals surface area (Å²) in [5.74, 6) is 1.10. The minimum Gasteiger partial charge on any atom is -0.493 e. The van der Waals surface area contributed by atoms with Gasteiger partial charge < -0.3 is 9.84 Å². The van der Waals surface area contributed by atoms with Crippen LogP contribution in [0.25, 0.3) is 0 Å². The third-order valence-corrected chi connectivity index (χ3v) is 5.23. The second-order valence-electron chi connectivity index (χ2n) is 6.84. The third kappa shape index (κ3) is 2.16. The van der Waals surface area contributed by atoms with Gasteiger partial charge in [-0.3, -0.25) is 0 Å². The first kappa shape index (κ1) is 14.4. The first-order chi connectivity index (χ1) is 8.73. The molecule has 0 aromatic heterocycles. The molecule has 1 fully saturated rings. The zero-order valence-corrected chi connectivity index (χ0v) is 12.9. The monoisotopic (exact) mass is 262 g/mol. The van der Waals surface area contributed by atoms with Crippen LogP contribution in [-0.2, 0) is 0 Å². The molecule has 0 bridgehead atoms. The summed E-state index contributed by atoms with van der Waals surface area (Å²) < 4.78 is 5.67. The Morgan fingerprint density at radius 1 is 1.21 bits per heavy atom. The maximum atomic E-state index is 10.8. The van der Waals surface area contributed by atoms with Crippen LogP contribution in [0.2, 0.25) is 0 Å². The largest absolute Gasteiger partial charge is 0.493 e. The van der Waals surface area contributed by atoms with Crippen molar-refractivity contribution in [3.8, 4) is 5.75 Å². The van der Waals surface area contributed by atoms with E-state index in [0.29, 0.717) is 6.61 Å². The van der Waals surface area contributed by atoms with Gasteiger partial charge in [-0.1, -0.05) is 39.3 Å². The Morgan fingerprint density at radius 3 is 2.26 bits per heavy atom. The lowest BCUT2D eigenvalue weighted by atomic mass is 9.97. The minimum atomic E-state index is -0.452. The fraction of sp³-hybridized carbons (Fsp3) is 0.647. The molecule has 1 unspecified atom stereocenters. The van der Waals surface area contributed by atoms with E-state index in [1.807, 2.05) is 19.1 Å². The maximum Gasteiger partial charge on any atom is 0.125 e. The smallest absolute Gasteiger partial charge is 0.125 e. The van der Waals surface area contributed by atoms with Crippen LogP contribution in [0.3, 0.4) is 0 Å². The molecule has 0 saturated heterocycles. The molecule has 1 saturated carbocycles. The molecule has 1 N–H and O–H groups in total. The van der Waals surface area contributed by atoms with E-state index in [-0.39, 0.29) is 16.7 Å². The summed E-state index contributed by atoms with van der Waals surface area (Å²) in [6.07, 6.45) is -0.452. The minimum absolute atomic E-state index is 0.166. The van der Waals surface area contributed by atoms with Crippen LogP contribution in [0.1, 0.15) is 51.8 Å². The van der Waals surface area contributed by atoms with Gasteiger partial charge in [-0.25, -0.2) is 0 Å². The molecule has 19 heavy (non-hydrogen) atoms. The van der Waals surface area contributed by atoms with Crippen molar-refractivity contribution < 1.29 is 9.84 Å². The summed E-state index contributed by atoms with van der Waals surface area (Å²) in [6.45, 7) is 13.6. The Labute approximate surface area is 116 Å². The van der Waals surface area contributed by atoms with Crippen molar-refractivity contribution in [3.63, 3.8) is 0 Å². The van der Waals surface area contributed by atoms with Crippen molar-refractivity contribution in [1.29, 1.82) is 0 Å². The number of hydrogen-bond acceptors (Lipinski definition) is 2. The molecule has 0 spiro atoms. The molecule has 1 atom stereocenters. The normalized spacial score (nSPS) is 22.1. The standard InChI is InChI=1S/C17H26O2/c1-7-19-13-9-8-11(2)10-12(13)14(18)15-16(3,4)17(15,5)6/h8-10,14-15,18H,7H2,1-6H3. The molecule has 1 aliphatic rings. The Bertz CT molecular complexity index is 460. The highest BCUT2D eigenvalue weighted by Crippen LogP contribution is 2.72. The van der Waals surface area contributed by atoms with Crippen LogP contribution < -0.4 is 4.74 Å². The number of benzene rings is 1. The number of aryl methyl sites for hydroxylation is 1. The number of ether oxygens (including phenoxy) is 1. The number of hydrogen-bond donors (Lipinski definition) is 1. The lowest BCUT2D eigenvalue weighted by molar-refractivity contribution is 0.126. The van der Waals surface area contributed by atoms with Crippen molar-refractivity contribution in [2.75, 3.05) is 6.61 Å². The highest BCUT2D eigenvalue weighted by atomic mass is 16.5. The molecule has 2 nitrogen and oxygen atoms in total. The lowest BCUT2D eigenvalue weighted by Gasteiger charge is -2.18. The molecule has 106 valence electrons. The summed E-state index contributed by atoms with van der Waals surface area (Å²) in [5.41, 5.74) is 2.43.